The number of hydrogen-bond donors (Lipinski definition) is 4. The molecule has 0 spiro atoms. The van der Waals surface area contributed by atoms with Gasteiger partial charge in [0.1, 0.15) is 0 Å². The van der Waals surface area contributed by atoms with Crippen LogP contribution >= 0.6 is 0 Å². The number of nitro groups is 2. The number of rotatable bonds is 10. The second-order valence-electron chi connectivity index (χ2n) is 11.5. The maximum atomic E-state index is 13.2. The van der Waals surface area contributed by atoms with Gasteiger partial charge < -0.3 is 20.6 Å². The van der Waals surface area contributed by atoms with Gasteiger partial charge in [-0.25, -0.2) is 9.97 Å². The number of carbonyl (C=O) groups excluding carboxylic acids is 2. The van der Waals surface area contributed by atoms with Crippen molar-refractivity contribution in [1.82, 2.24) is 30.6 Å². The quantitative estimate of drug-likeness (QED) is 0.0858. The number of H-pyrrole nitrogens is 2. The van der Waals surface area contributed by atoms with Crippen LogP contribution in [0, 0.1) is 20.2 Å². The number of nitro benzene ring substituents is 2. The van der Waals surface area contributed by atoms with Crippen molar-refractivity contribution in [3.8, 4) is 0 Å². The van der Waals surface area contributed by atoms with Crippen LogP contribution in [0.15, 0.2) is 121 Å². The number of fused-ring (bicyclic) bond motifs is 2. The minimum Gasteiger partial charge on any atom is -0.337 e. The van der Waals surface area contributed by atoms with Crippen LogP contribution in [-0.2, 0) is 0 Å². The first-order valence-corrected chi connectivity index (χ1v) is 15.8. The summed E-state index contributed by atoms with van der Waals surface area (Å²) >= 11 is 0. The molecule has 14 nitrogen and oxygen atoms in total. The molecule has 0 aliphatic carbocycles. The highest BCUT2D eigenvalue weighted by Crippen LogP contribution is 2.25. The lowest BCUT2D eigenvalue weighted by molar-refractivity contribution is -0.384. The molecular formula is C38H26N8O6. The maximum absolute atomic E-state index is 13.2. The second-order valence-corrected chi connectivity index (χ2v) is 11.5. The molecule has 2 aromatic heterocycles. The Morgan fingerprint density at radius 3 is 1.54 bits per heavy atom. The number of non-ortho nitro benzene ring substituents is 2. The average molecular weight is 691 g/mol. The highest BCUT2D eigenvalue weighted by Gasteiger charge is 2.17. The van der Waals surface area contributed by atoms with Crippen LogP contribution in [0.4, 0.5) is 11.4 Å². The van der Waals surface area contributed by atoms with Gasteiger partial charge in [-0.1, -0.05) is 60.7 Å². The summed E-state index contributed by atoms with van der Waals surface area (Å²) < 4.78 is 0. The number of aromatic nitrogens is 4. The fourth-order valence-corrected chi connectivity index (χ4v) is 5.39. The molecule has 14 heteroatoms. The van der Waals surface area contributed by atoms with Crippen LogP contribution in [0.3, 0.4) is 0 Å². The molecule has 7 aromatic rings. The Morgan fingerprint density at radius 2 is 1.02 bits per heavy atom. The van der Waals surface area contributed by atoms with Crippen LogP contribution in [0.1, 0.15) is 43.5 Å². The lowest BCUT2D eigenvalue weighted by Crippen LogP contribution is -2.22. The monoisotopic (exact) mass is 690 g/mol. The molecule has 52 heavy (non-hydrogen) atoms. The van der Waals surface area contributed by atoms with Gasteiger partial charge in [0.2, 0.25) is 0 Å². The molecule has 7 rings (SSSR count). The van der Waals surface area contributed by atoms with E-state index >= 15 is 0 Å². The molecule has 0 radical (unpaired) electrons. The third-order valence-electron chi connectivity index (χ3n) is 7.99. The molecule has 0 saturated heterocycles. The van der Waals surface area contributed by atoms with Crippen LogP contribution in [0.25, 0.3) is 45.6 Å². The number of amides is 2. The number of aromatic amines is 2. The van der Waals surface area contributed by atoms with E-state index in [1.165, 1.54) is 30.3 Å². The number of carbonyl (C=O) groups is 2. The SMILES string of the molecule is O=C(N/C(=C/c1ccc(/C=C(/NC(=O)c2ccccc2)c2nc3ccc([N+](=O)[O-])cc3[nH]2)cc1)c1nc2cc([N+](=O)[O-])ccc2[nH]1)c1ccccc1. The van der Waals surface area contributed by atoms with Gasteiger partial charge in [0, 0.05) is 35.4 Å². The molecule has 0 fully saturated rings. The van der Waals surface area contributed by atoms with Crippen molar-refractivity contribution < 1.29 is 19.4 Å². The van der Waals surface area contributed by atoms with E-state index in [2.05, 4.69) is 30.6 Å². The standard InChI is InChI=1S/C38H26N8O6/c47-37(25-7-3-1-4-8-25)43-33(35-39-29-17-15-27(45(49)50)21-31(29)41-35)19-23-11-13-24(14-12-23)20-34(44-38(48)26-9-5-2-6-10-26)36-40-30-18-16-28(46(51)52)22-32(30)42-36/h1-22H,(H,39,41)(H,40,42)(H,43,47)(H,44,48)/b33-19+,34-20+. The lowest BCUT2D eigenvalue weighted by atomic mass is 10.1. The van der Waals surface area contributed by atoms with Crippen LogP contribution in [0.5, 0.6) is 0 Å². The highest BCUT2D eigenvalue weighted by atomic mass is 16.6. The number of nitrogens with zero attached hydrogens (tertiary/aromatic N) is 4. The summed E-state index contributed by atoms with van der Waals surface area (Å²) in [5.41, 5.74) is 4.44. The largest absolute Gasteiger partial charge is 0.337 e. The molecule has 2 heterocycles. The number of imidazole rings is 2. The number of benzene rings is 5. The summed E-state index contributed by atoms with van der Waals surface area (Å²) in [5, 5.41) is 28.5. The van der Waals surface area contributed by atoms with Crippen molar-refractivity contribution in [3.63, 3.8) is 0 Å². The summed E-state index contributed by atoms with van der Waals surface area (Å²) in [6.07, 6.45) is 3.43. The first kappa shape index (κ1) is 32.8. The minimum atomic E-state index is -0.503. The molecule has 0 unspecified atom stereocenters. The number of hydrogen-bond acceptors (Lipinski definition) is 8. The Hall–Kier alpha value is -7.74. The van der Waals surface area contributed by atoms with Crippen LogP contribution in [0.2, 0.25) is 0 Å². The van der Waals surface area contributed by atoms with Crippen LogP contribution in [-0.4, -0.2) is 41.6 Å². The van der Waals surface area contributed by atoms with E-state index in [1.54, 1.807) is 103 Å². The van der Waals surface area contributed by atoms with Gasteiger partial charge in [0.15, 0.2) is 11.6 Å². The Kier molecular flexibility index (Phi) is 8.83. The molecule has 2 amide bonds. The van der Waals surface area contributed by atoms with Crippen molar-refractivity contribution in [3.05, 3.63) is 175 Å². The molecule has 0 aliphatic rings. The zero-order valence-electron chi connectivity index (χ0n) is 26.9. The van der Waals surface area contributed by atoms with Gasteiger partial charge in [-0.05, 0) is 59.7 Å². The number of nitrogens with one attached hydrogen (secondary N) is 4. The van der Waals surface area contributed by atoms with Gasteiger partial charge in [0.25, 0.3) is 23.2 Å². The van der Waals surface area contributed by atoms with E-state index in [0.29, 0.717) is 67.4 Å². The van der Waals surface area contributed by atoms with Gasteiger partial charge in [-0.2, -0.15) is 0 Å². The first-order chi connectivity index (χ1) is 25.2. The molecule has 254 valence electrons. The summed E-state index contributed by atoms with van der Waals surface area (Å²) in [6.45, 7) is 0. The maximum Gasteiger partial charge on any atom is 0.271 e. The van der Waals surface area contributed by atoms with Gasteiger partial charge >= 0.3 is 0 Å². The fourth-order valence-electron chi connectivity index (χ4n) is 5.39. The Bertz CT molecular complexity index is 2380. The topological polar surface area (TPSA) is 202 Å². The van der Waals surface area contributed by atoms with Gasteiger partial charge in [-0.15, -0.1) is 0 Å². The molecule has 4 N–H and O–H groups in total. The molecule has 0 aliphatic heterocycles. The Morgan fingerprint density at radius 1 is 0.558 bits per heavy atom. The van der Waals surface area contributed by atoms with Gasteiger partial charge in [0.05, 0.1) is 43.3 Å². The third kappa shape index (κ3) is 7.16. The minimum absolute atomic E-state index is 0.103. The lowest BCUT2D eigenvalue weighted by Gasteiger charge is -2.10. The fraction of sp³-hybridized carbons (Fsp3) is 0. The first-order valence-electron chi connectivity index (χ1n) is 15.8. The molecule has 0 atom stereocenters. The molecule has 0 saturated carbocycles. The van der Waals surface area contributed by atoms with E-state index < -0.39 is 9.85 Å². The Balaban J connectivity index is 1.24. The van der Waals surface area contributed by atoms with Crippen molar-refractivity contribution in [1.29, 1.82) is 0 Å². The van der Waals surface area contributed by atoms with Crippen molar-refractivity contribution in [2.24, 2.45) is 0 Å². The average Bonchev–Trinajstić information content (AvgIpc) is 3.79. The molecule has 5 aromatic carbocycles. The summed E-state index contributed by atoms with van der Waals surface area (Å²) in [4.78, 5) is 63.5. The predicted molar refractivity (Wildman–Crippen MR) is 195 cm³/mol. The van der Waals surface area contributed by atoms with Crippen molar-refractivity contribution >= 4 is 68.8 Å². The Labute approximate surface area is 293 Å². The van der Waals surface area contributed by atoms with E-state index in [0.717, 1.165) is 0 Å². The summed E-state index contributed by atoms with van der Waals surface area (Å²) in [5.74, 6) is -0.180. The zero-order valence-corrected chi connectivity index (χ0v) is 26.9. The van der Waals surface area contributed by atoms with E-state index in [9.17, 15) is 29.8 Å². The highest BCUT2D eigenvalue weighted by molar-refractivity contribution is 6.03. The van der Waals surface area contributed by atoms with Crippen LogP contribution < -0.4 is 10.6 Å². The van der Waals surface area contributed by atoms with E-state index in [1.807, 2.05) is 0 Å². The third-order valence-corrected chi connectivity index (χ3v) is 7.99. The second kappa shape index (κ2) is 14.0. The zero-order chi connectivity index (χ0) is 36.2. The van der Waals surface area contributed by atoms with E-state index in [4.69, 9.17) is 0 Å². The van der Waals surface area contributed by atoms with E-state index in [-0.39, 0.29) is 23.2 Å². The molecule has 0 bridgehead atoms. The van der Waals surface area contributed by atoms with Gasteiger partial charge in [-0.3, -0.25) is 29.8 Å². The summed E-state index contributed by atoms with van der Waals surface area (Å²) in [7, 11) is 0. The van der Waals surface area contributed by atoms with Crippen molar-refractivity contribution in [2.75, 3.05) is 0 Å². The smallest absolute Gasteiger partial charge is 0.271 e. The van der Waals surface area contributed by atoms with Crippen molar-refractivity contribution in [2.45, 2.75) is 0 Å². The molecular weight excluding hydrogens is 664 g/mol. The predicted octanol–water partition coefficient (Wildman–Crippen LogP) is 7.11. The normalized spacial score (nSPS) is 11.8. The summed E-state index contributed by atoms with van der Waals surface area (Å²) in [6, 6.07) is 33.0.